The minimum Gasteiger partial charge on any atom is -0.369 e. The molecule has 21 heavy (non-hydrogen) atoms. The first-order chi connectivity index (χ1) is 10.2. The zero-order chi connectivity index (χ0) is 14.8. The van der Waals surface area contributed by atoms with Gasteiger partial charge in [-0.25, -0.2) is 0 Å². The summed E-state index contributed by atoms with van der Waals surface area (Å²) in [6.45, 7) is 3.07. The van der Waals surface area contributed by atoms with Crippen molar-refractivity contribution in [2.24, 2.45) is 11.7 Å². The van der Waals surface area contributed by atoms with Gasteiger partial charge in [0.25, 0.3) is 0 Å². The number of aromatic nitrogens is 2. The quantitative estimate of drug-likeness (QED) is 0.915. The fourth-order valence-electron chi connectivity index (χ4n) is 2.70. The number of hydrogen-bond donors (Lipinski definition) is 1. The smallest absolute Gasteiger partial charge is 0.226 e. The summed E-state index contributed by atoms with van der Waals surface area (Å²) in [6.07, 6.45) is 1.40. The molecule has 0 saturated carbocycles. The second-order valence-electron chi connectivity index (χ2n) is 5.27. The first-order valence-electron chi connectivity index (χ1n) is 7.11. The maximum atomic E-state index is 11.6. The Morgan fingerprint density at radius 3 is 3.00 bits per heavy atom. The molecule has 0 spiro atoms. The van der Waals surface area contributed by atoms with Crippen LogP contribution in [0.2, 0.25) is 0 Å². The lowest BCUT2D eigenvalue weighted by molar-refractivity contribution is -0.121. The second-order valence-corrected chi connectivity index (χ2v) is 5.27. The number of rotatable bonds is 4. The van der Waals surface area contributed by atoms with Gasteiger partial charge in [0.05, 0.1) is 12.5 Å². The van der Waals surface area contributed by atoms with Gasteiger partial charge >= 0.3 is 0 Å². The number of carbonyl (C=O) groups excluding carboxylic acids is 1. The molecule has 1 unspecified atom stereocenters. The molecule has 1 amide bonds. The number of nitrogens with two attached hydrogens (primary N) is 1. The van der Waals surface area contributed by atoms with Crippen LogP contribution in [0.4, 0.5) is 5.69 Å². The van der Waals surface area contributed by atoms with Gasteiger partial charge in [-0.15, -0.1) is 0 Å². The van der Waals surface area contributed by atoms with Crippen molar-refractivity contribution >= 4 is 11.6 Å². The summed E-state index contributed by atoms with van der Waals surface area (Å²) >= 11 is 0. The molecule has 6 heteroatoms. The predicted octanol–water partition coefficient (Wildman–Crippen LogP) is 1.30. The number of aryl methyl sites for hydroxylation is 1. The Morgan fingerprint density at radius 1 is 1.48 bits per heavy atom. The molecule has 1 aliphatic rings. The third kappa shape index (κ3) is 2.74. The molecule has 2 aromatic rings. The van der Waals surface area contributed by atoms with Gasteiger partial charge in [-0.3, -0.25) is 4.79 Å². The van der Waals surface area contributed by atoms with Gasteiger partial charge in [-0.05, 0) is 18.1 Å². The van der Waals surface area contributed by atoms with Gasteiger partial charge < -0.3 is 15.2 Å². The molecule has 2 heterocycles. The lowest BCUT2D eigenvalue weighted by atomic mass is 9.92. The summed E-state index contributed by atoms with van der Waals surface area (Å²) in [5.41, 5.74) is 7.73. The van der Waals surface area contributed by atoms with Crippen LogP contribution in [0.1, 0.15) is 24.2 Å². The zero-order valence-corrected chi connectivity index (χ0v) is 12.0. The molecule has 6 nitrogen and oxygen atoms in total. The maximum absolute atomic E-state index is 11.6. The Balaban J connectivity index is 1.87. The number of carbonyl (C=O) groups is 1. The van der Waals surface area contributed by atoms with Gasteiger partial charge in [0.1, 0.15) is 0 Å². The molecular formula is C15H18N4O2. The van der Waals surface area contributed by atoms with Gasteiger partial charge in [0.15, 0.2) is 5.82 Å². The number of anilines is 1. The van der Waals surface area contributed by atoms with Crippen LogP contribution in [-0.4, -0.2) is 22.6 Å². The van der Waals surface area contributed by atoms with E-state index in [0.717, 1.165) is 11.3 Å². The normalized spacial score (nSPS) is 17.6. The molecule has 1 aliphatic heterocycles. The van der Waals surface area contributed by atoms with Crippen molar-refractivity contribution in [3.63, 3.8) is 0 Å². The number of para-hydroxylation sites is 1. The second kappa shape index (κ2) is 5.55. The van der Waals surface area contributed by atoms with Crippen molar-refractivity contribution in [1.82, 2.24) is 10.1 Å². The van der Waals surface area contributed by atoms with Crippen LogP contribution in [-0.2, 0) is 24.2 Å². The number of benzene rings is 1. The van der Waals surface area contributed by atoms with Crippen molar-refractivity contribution in [3.05, 3.63) is 41.5 Å². The lowest BCUT2D eigenvalue weighted by Gasteiger charge is -2.34. The first-order valence-corrected chi connectivity index (χ1v) is 7.11. The van der Waals surface area contributed by atoms with Crippen LogP contribution >= 0.6 is 0 Å². The van der Waals surface area contributed by atoms with E-state index >= 15 is 0 Å². The molecule has 0 aliphatic carbocycles. The van der Waals surface area contributed by atoms with Gasteiger partial charge in [-0.1, -0.05) is 30.3 Å². The standard InChI is InChI=1S/C15H18N4O2/c1-2-14-17-13(18-21-14)9-19-8-11(15(16)20)7-10-5-3-4-6-12(10)19/h3-6,11H,2,7-9H2,1H3,(H2,16,20). The number of amides is 1. The molecule has 2 N–H and O–H groups in total. The molecular weight excluding hydrogens is 268 g/mol. The van der Waals surface area contributed by atoms with E-state index in [-0.39, 0.29) is 11.8 Å². The first kappa shape index (κ1) is 13.6. The molecule has 110 valence electrons. The maximum Gasteiger partial charge on any atom is 0.226 e. The van der Waals surface area contributed by atoms with Gasteiger partial charge in [0.2, 0.25) is 11.8 Å². The van der Waals surface area contributed by atoms with Crippen molar-refractivity contribution in [2.45, 2.75) is 26.3 Å². The van der Waals surface area contributed by atoms with Gasteiger partial charge in [-0.2, -0.15) is 4.98 Å². The summed E-state index contributed by atoms with van der Waals surface area (Å²) in [7, 11) is 0. The Morgan fingerprint density at radius 2 is 2.29 bits per heavy atom. The Labute approximate surface area is 122 Å². The lowest BCUT2D eigenvalue weighted by Crippen LogP contribution is -2.41. The van der Waals surface area contributed by atoms with Crippen LogP contribution in [0.3, 0.4) is 0 Å². The molecule has 0 saturated heterocycles. The molecule has 0 bridgehead atoms. The van der Waals surface area contributed by atoms with Crippen LogP contribution in [0.15, 0.2) is 28.8 Å². The summed E-state index contributed by atoms with van der Waals surface area (Å²) in [5.74, 6) is 0.808. The molecule has 1 aromatic heterocycles. The van der Waals surface area contributed by atoms with E-state index in [9.17, 15) is 4.79 Å². The van der Waals surface area contributed by atoms with E-state index in [0.29, 0.717) is 37.6 Å². The third-order valence-corrected chi connectivity index (χ3v) is 3.79. The molecule has 3 rings (SSSR count). The van der Waals surface area contributed by atoms with Crippen LogP contribution in [0.5, 0.6) is 0 Å². The van der Waals surface area contributed by atoms with Crippen molar-refractivity contribution in [3.8, 4) is 0 Å². The SMILES string of the molecule is CCc1nc(CN2CC(C(N)=O)Cc3ccccc32)no1. The average molecular weight is 286 g/mol. The zero-order valence-electron chi connectivity index (χ0n) is 12.0. The molecule has 1 atom stereocenters. The van der Waals surface area contributed by atoms with Crippen LogP contribution in [0.25, 0.3) is 0 Å². The number of fused-ring (bicyclic) bond motifs is 1. The highest BCUT2D eigenvalue weighted by Gasteiger charge is 2.28. The number of primary amides is 1. The van der Waals surface area contributed by atoms with Gasteiger partial charge in [0, 0.05) is 18.7 Å². The number of hydrogen-bond acceptors (Lipinski definition) is 5. The highest BCUT2D eigenvalue weighted by atomic mass is 16.5. The van der Waals surface area contributed by atoms with E-state index in [1.54, 1.807) is 0 Å². The van der Waals surface area contributed by atoms with E-state index in [1.807, 2.05) is 31.2 Å². The fourth-order valence-corrected chi connectivity index (χ4v) is 2.70. The summed E-state index contributed by atoms with van der Waals surface area (Å²) in [5, 5.41) is 3.98. The van der Waals surface area contributed by atoms with E-state index in [2.05, 4.69) is 15.0 Å². The molecule has 1 aromatic carbocycles. The van der Waals surface area contributed by atoms with Crippen LogP contribution in [0, 0.1) is 5.92 Å². The number of nitrogens with zero attached hydrogens (tertiary/aromatic N) is 3. The summed E-state index contributed by atoms with van der Waals surface area (Å²) in [6, 6.07) is 8.05. The van der Waals surface area contributed by atoms with E-state index in [4.69, 9.17) is 10.3 Å². The molecule has 0 radical (unpaired) electrons. The minimum absolute atomic E-state index is 0.183. The largest absolute Gasteiger partial charge is 0.369 e. The average Bonchev–Trinajstić information content (AvgIpc) is 2.94. The Bertz CT molecular complexity index is 653. The van der Waals surface area contributed by atoms with Crippen molar-refractivity contribution in [2.75, 3.05) is 11.4 Å². The summed E-state index contributed by atoms with van der Waals surface area (Å²) < 4.78 is 5.14. The minimum atomic E-state index is -0.267. The fraction of sp³-hybridized carbons (Fsp3) is 0.400. The predicted molar refractivity (Wildman–Crippen MR) is 77.6 cm³/mol. The Hall–Kier alpha value is -2.37. The van der Waals surface area contributed by atoms with Crippen molar-refractivity contribution < 1.29 is 9.32 Å². The Kier molecular flexibility index (Phi) is 3.60. The topological polar surface area (TPSA) is 85.3 Å². The third-order valence-electron chi connectivity index (χ3n) is 3.79. The van der Waals surface area contributed by atoms with Crippen LogP contribution < -0.4 is 10.6 Å². The van der Waals surface area contributed by atoms with E-state index in [1.165, 1.54) is 0 Å². The highest BCUT2D eigenvalue weighted by molar-refractivity contribution is 5.79. The molecule has 0 fully saturated rings. The highest BCUT2D eigenvalue weighted by Crippen LogP contribution is 2.30. The van der Waals surface area contributed by atoms with Crippen molar-refractivity contribution in [1.29, 1.82) is 0 Å². The monoisotopic (exact) mass is 286 g/mol. The van der Waals surface area contributed by atoms with E-state index < -0.39 is 0 Å². The summed E-state index contributed by atoms with van der Waals surface area (Å²) in [4.78, 5) is 18.0.